The van der Waals surface area contributed by atoms with Crippen LogP contribution in [0.5, 0.6) is 5.75 Å². The third-order valence-corrected chi connectivity index (χ3v) is 6.70. The summed E-state index contributed by atoms with van der Waals surface area (Å²) in [4.78, 5) is 40.5. The summed E-state index contributed by atoms with van der Waals surface area (Å²) in [5.41, 5.74) is 5.33. The number of aromatic amines is 1. The Labute approximate surface area is 231 Å². The second-order valence-corrected chi connectivity index (χ2v) is 10.1. The molecule has 1 aromatic carbocycles. The zero-order chi connectivity index (χ0) is 28.4. The van der Waals surface area contributed by atoms with Gasteiger partial charge in [0.25, 0.3) is 11.7 Å². The van der Waals surface area contributed by atoms with Crippen molar-refractivity contribution in [3.05, 3.63) is 78.7 Å². The number of carbonyl (C=O) groups is 2. The quantitative estimate of drug-likeness (QED) is 0.128. The first-order valence-corrected chi connectivity index (χ1v) is 12.8. The van der Waals surface area contributed by atoms with Crippen LogP contribution in [0.25, 0.3) is 22.2 Å². The number of pyridine rings is 1. The summed E-state index contributed by atoms with van der Waals surface area (Å²) in [6.07, 6.45) is 6.28. The van der Waals surface area contributed by atoms with Gasteiger partial charge in [-0.15, -0.1) is 0 Å². The lowest BCUT2D eigenvalue weighted by molar-refractivity contribution is -0.127. The molecule has 3 N–H and O–H groups in total. The number of nitrogens with one attached hydrogen (secondary N) is 2. The van der Waals surface area contributed by atoms with Crippen molar-refractivity contribution in [3.8, 4) is 17.0 Å². The third kappa shape index (κ3) is 5.10. The molecule has 0 aliphatic carbocycles. The number of fused-ring (bicyclic) bond motifs is 2. The molecule has 4 heterocycles. The molecule has 11 nitrogen and oxygen atoms in total. The fourth-order valence-electron chi connectivity index (χ4n) is 4.69. The number of H-pyrrole nitrogens is 1. The predicted molar refractivity (Wildman–Crippen MR) is 151 cm³/mol. The highest BCUT2D eigenvalue weighted by Gasteiger charge is 2.31. The molecule has 0 unspecified atom stereocenters. The second kappa shape index (κ2) is 10.8. The van der Waals surface area contributed by atoms with Gasteiger partial charge in [0.15, 0.2) is 0 Å². The Morgan fingerprint density at radius 1 is 1.23 bits per heavy atom. The monoisotopic (exact) mass is 541 g/mol. The molecular weight excluding hydrogens is 510 g/mol. The van der Waals surface area contributed by atoms with Crippen LogP contribution in [0.2, 0.25) is 0 Å². The maximum absolute atomic E-state index is 13.6. The van der Waals surface area contributed by atoms with Crippen molar-refractivity contribution < 1.29 is 19.4 Å². The summed E-state index contributed by atoms with van der Waals surface area (Å²) >= 11 is 0. The normalized spacial score (nSPS) is 13.7. The van der Waals surface area contributed by atoms with Gasteiger partial charge in [0.1, 0.15) is 23.0 Å². The molecule has 0 saturated carbocycles. The Morgan fingerprint density at radius 2 is 2.00 bits per heavy atom. The van der Waals surface area contributed by atoms with Crippen molar-refractivity contribution in [3.63, 3.8) is 0 Å². The molecule has 0 atom stereocenters. The largest absolute Gasteiger partial charge is 0.494 e. The highest BCUT2D eigenvalue weighted by molar-refractivity contribution is 6.45. The van der Waals surface area contributed by atoms with Gasteiger partial charge in [0.05, 0.1) is 60.4 Å². The lowest BCUT2D eigenvalue weighted by atomic mass is 10.1. The van der Waals surface area contributed by atoms with Gasteiger partial charge in [-0.3, -0.25) is 9.59 Å². The molecule has 0 saturated heterocycles. The fourth-order valence-corrected chi connectivity index (χ4v) is 4.69. The van der Waals surface area contributed by atoms with Gasteiger partial charge in [-0.25, -0.2) is 9.97 Å². The van der Waals surface area contributed by atoms with E-state index >= 15 is 0 Å². The van der Waals surface area contributed by atoms with Gasteiger partial charge >= 0.3 is 0 Å². The summed E-state index contributed by atoms with van der Waals surface area (Å²) < 4.78 is 7.58. The van der Waals surface area contributed by atoms with Gasteiger partial charge in [-0.2, -0.15) is 5.10 Å². The molecule has 5 rings (SSSR count). The molecular formula is C29H31N7O4. The number of amides is 1. The Kier molecular flexibility index (Phi) is 7.22. The number of ketones is 1. The number of ether oxygens (including phenoxy) is 1. The first kappa shape index (κ1) is 26.8. The average molecular weight is 542 g/mol. The zero-order valence-corrected chi connectivity index (χ0v) is 22.6. The minimum atomic E-state index is -0.973. The molecule has 3 aromatic heterocycles. The Morgan fingerprint density at radius 3 is 2.70 bits per heavy atom. The van der Waals surface area contributed by atoms with Crippen LogP contribution in [0.3, 0.4) is 0 Å². The van der Waals surface area contributed by atoms with E-state index in [0.29, 0.717) is 41.1 Å². The zero-order valence-electron chi connectivity index (χ0n) is 22.6. The Hall–Kier alpha value is -4.77. The van der Waals surface area contributed by atoms with Crippen LogP contribution in [0.15, 0.2) is 66.7 Å². The number of hydrogen-bond acceptors (Lipinski definition) is 8. The van der Waals surface area contributed by atoms with Crippen LogP contribution in [-0.4, -0.2) is 72.7 Å². The summed E-state index contributed by atoms with van der Waals surface area (Å²) in [6.45, 7) is 8.47. The highest BCUT2D eigenvalue weighted by atomic mass is 16.5. The minimum absolute atomic E-state index is 0.173. The summed E-state index contributed by atoms with van der Waals surface area (Å²) in [6, 6.07) is 9.94. The fraction of sp³-hybridized carbons (Fsp3) is 0.276. The number of benzene rings is 1. The third-order valence-electron chi connectivity index (χ3n) is 6.70. The van der Waals surface area contributed by atoms with Crippen molar-refractivity contribution in [1.82, 2.24) is 29.8 Å². The number of carbonyl (C=O) groups excluding carboxylic acids is 2. The molecule has 0 bridgehead atoms. The van der Waals surface area contributed by atoms with Crippen LogP contribution in [0.1, 0.15) is 35.7 Å². The SMILES string of the molecule is C=C/C(=N\NCC(C)(C)O)c1ncc(OC)c2c(C(=O)C(=O)N3CCn4c(-c5ccccc5)cnc4C3)c[nH]c12. The predicted octanol–water partition coefficient (Wildman–Crippen LogP) is 2.91. The van der Waals surface area contributed by atoms with E-state index in [1.807, 2.05) is 30.3 Å². The number of aliphatic hydroxyl groups is 1. The van der Waals surface area contributed by atoms with Crippen molar-refractivity contribution in [2.45, 2.75) is 32.5 Å². The molecule has 1 aliphatic rings. The topological polar surface area (TPSA) is 138 Å². The number of methoxy groups -OCH3 is 1. The molecule has 1 amide bonds. The van der Waals surface area contributed by atoms with Gasteiger partial charge in [-0.1, -0.05) is 36.9 Å². The van der Waals surface area contributed by atoms with Gasteiger partial charge in [0, 0.05) is 19.3 Å². The molecule has 4 aromatic rings. The molecule has 11 heteroatoms. The van der Waals surface area contributed by atoms with Crippen LogP contribution in [-0.2, 0) is 17.9 Å². The molecule has 0 radical (unpaired) electrons. The lowest BCUT2D eigenvalue weighted by Crippen LogP contribution is -2.42. The van der Waals surface area contributed by atoms with Gasteiger partial charge in [0.2, 0.25) is 0 Å². The smallest absolute Gasteiger partial charge is 0.295 e. The van der Waals surface area contributed by atoms with Crippen LogP contribution in [0, 0.1) is 0 Å². The minimum Gasteiger partial charge on any atom is -0.494 e. The number of hydrazone groups is 1. The lowest BCUT2D eigenvalue weighted by Gasteiger charge is -2.28. The molecule has 0 fully saturated rings. The molecule has 0 spiro atoms. The summed E-state index contributed by atoms with van der Waals surface area (Å²) in [5.74, 6) is -0.228. The first-order chi connectivity index (χ1) is 19.2. The number of hydrogen-bond donors (Lipinski definition) is 3. The molecule has 1 aliphatic heterocycles. The van der Waals surface area contributed by atoms with Crippen LogP contribution < -0.4 is 10.2 Å². The highest BCUT2D eigenvalue weighted by Crippen LogP contribution is 2.31. The molecule has 40 heavy (non-hydrogen) atoms. The van der Waals surface area contributed by atoms with E-state index < -0.39 is 17.3 Å². The van der Waals surface area contributed by atoms with E-state index in [4.69, 9.17) is 4.74 Å². The van der Waals surface area contributed by atoms with Gasteiger partial charge in [-0.05, 0) is 25.5 Å². The first-order valence-electron chi connectivity index (χ1n) is 12.8. The standard InChI is InChI=1S/C29H31N7O4/c1-5-20(34-33-17-29(2,3)39)25-26-24(22(40-4)15-32-25)19(13-31-26)27(37)28(38)35-11-12-36-21(14-30-23(36)16-35)18-9-7-6-8-10-18/h5-10,13-15,31,33,39H,1,11-12,16-17H2,2-4H3/b34-20+. The van der Waals surface area contributed by atoms with Crippen molar-refractivity contribution >= 4 is 28.3 Å². The number of imidazole rings is 1. The van der Waals surface area contributed by atoms with E-state index in [0.717, 1.165) is 17.1 Å². The van der Waals surface area contributed by atoms with Crippen LogP contribution in [0.4, 0.5) is 0 Å². The van der Waals surface area contributed by atoms with E-state index in [1.54, 1.807) is 20.0 Å². The number of nitrogens with zero attached hydrogens (tertiary/aromatic N) is 5. The van der Waals surface area contributed by atoms with E-state index in [2.05, 4.69) is 36.6 Å². The van der Waals surface area contributed by atoms with Crippen molar-refractivity contribution in [2.24, 2.45) is 5.10 Å². The Balaban J connectivity index is 1.42. The van der Waals surface area contributed by atoms with E-state index in [-0.39, 0.29) is 18.7 Å². The van der Waals surface area contributed by atoms with Crippen molar-refractivity contribution in [2.75, 3.05) is 20.2 Å². The second-order valence-electron chi connectivity index (χ2n) is 10.1. The number of Topliss-reactive ketones (excluding diaryl/α,β-unsaturated/α-hetero) is 1. The van der Waals surface area contributed by atoms with Gasteiger partial charge < -0.3 is 29.7 Å². The van der Waals surface area contributed by atoms with E-state index in [9.17, 15) is 14.7 Å². The number of allylic oxidation sites excluding steroid dienone is 1. The summed E-state index contributed by atoms with van der Waals surface area (Å²) in [7, 11) is 1.47. The van der Waals surface area contributed by atoms with Crippen molar-refractivity contribution in [1.29, 1.82) is 0 Å². The number of aromatic nitrogens is 4. The summed E-state index contributed by atoms with van der Waals surface area (Å²) in [5, 5.41) is 14.7. The maximum atomic E-state index is 13.6. The van der Waals surface area contributed by atoms with E-state index in [1.165, 1.54) is 30.5 Å². The van der Waals surface area contributed by atoms with Crippen LogP contribution >= 0.6 is 0 Å². The average Bonchev–Trinajstić information content (AvgIpc) is 3.59. The maximum Gasteiger partial charge on any atom is 0.295 e. The Bertz CT molecular complexity index is 1610. The molecule has 206 valence electrons. The number of rotatable bonds is 9.